The Labute approximate surface area is 120 Å². The van der Waals surface area contributed by atoms with E-state index in [0.717, 1.165) is 4.90 Å². The summed E-state index contributed by atoms with van der Waals surface area (Å²) in [6.45, 7) is 11.9. The normalized spacial score (nSPS) is 27.7. The molecule has 0 unspecified atom stereocenters. The molecule has 0 spiro atoms. The van der Waals surface area contributed by atoms with Gasteiger partial charge in [-0.1, -0.05) is 20.8 Å². The highest BCUT2D eigenvalue weighted by molar-refractivity contribution is 6.74. The van der Waals surface area contributed by atoms with Gasteiger partial charge in [-0.2, -0.15) is 0 Å². The van der Waals surface area contributed by atoms with Gasteiger partial charge in [-0.05, 0) is 31.5 Å². The van der Waals surface area contributed by atoms with E-state index in [1.165, 1.54) is 6.92 Å². The molecule has 0 aromatic carbocycles. The molecule has 1 aliphatic heterocycles. The maximum Gasteiger partial charge on any atom is 0.408 e. The van der Waals surface area contributed by atoms with Crippen LogP contribution in [0.25, 0.3) is 0 Å². The van der Waals surface area contributed by atoms with Crippen molar-refractivity contribution in [3.8, 4) is 0 Å². The van der Waals surface area contributed by atoms with Crippen LogP contribution in [0.3, 0.4) is 0 Å². The molecule has 0 radical (unpaired) electrons. The second-order valence-electron chi connectivity index (χ2n) is 7.04. The Morgan fingerprint density at radius 3 is 2.15 bits per heavy atom. The number of rotatable bonds is 3. The maximum atomic E-state index is 11.6. The van der Waals surface area contributed by atoms with Gasteiger partial charge in [0.15, 0.2) is 13.9 Å². The number of carboxylic acids is 1. The summed E-state index contributed by atoms with van der Waals surface area (Å²) < 4.78 is 6.17. The fraction of sp³-hybridized carbons (Fsp3) is 0.846. The van der Waals surface area contributed by atoms with Gasteiger partial charge in [-0.25, -0.2) is 9.59 Å². The third-order valence-electron chi connectivity index (χ3n) is 4.71. The van der Waals surface area contributed by atoms with E-state index in [0.29, 0.717) is 6.42 Å². The van der Waals surface area contributed by atoms with E-state index < -0.39 is 32.0 Å². The fourth-order valence-electron chi connectivity index (χ4n) is 2.19. The molecule has 0 aliphatic carbocycles. The minimum absolute atomic E-state index is 0.0525. The van der Waals surface area contributed by atoms with Gasteiger partial charge in [0.2, 0.25) is 0 Å². The molecule has 7 heteroatoms. The van der Waals surface area contributed by atoms with Gasteiger partial charge in [-0.15, -0.1) is 0 Å². The molecule has 116 valence electrons. The van der Waals surface area contributed by atoms with Crippen molar-refractivity contribution in [1.82, 2.24) is 4.90 Å². The van der Waals surface area contributed by atoms with Crippen molar-refractivity contribution in [2.24, 2.45) is 0 Å². The smallest absolute Gasteiger partial charge is 0.408 e. The maximum absolute atomic E-state index is 11.6. The van der Waals surface area contributed by atoms with E-state index >= 15 is 0 Å². The minimum Gasteiger partial charge on any atom is -0.479 e. The van der Waals surface area contributed by atoms with Crippen LogP contribution in [0.5, 0.6) is 0 Å². The highest BCUT2D eigenvalue weighted by Gasteiger charge is 2.56. The Bertz CT molecular complexity index is 417. The van der Waals surface area contributed by atoms with Crippen molar-refractivity contribution in [2.75, 3.05) is 6.54 Å². The van der Waals surface area contributed by atoms with E-state index in [2.05, 4.69) is 20.8 Å². The van der Waals surface area contributed by atoms with Gasteiger partial charge >= 0.3 is 12.1 Å². The summed E-state index contributed by atoms with van der Waals surface area (Å²) in [4.78, 5) is 23.8. The first-order valence-electron chi connectivity index (χ1n) is 6.76. The van der Waals surface area contributed by atoms with Crippen molar-refractivity contribution in [1.29, 1.82) is 0 Å². The zero-order chi connectivity index (χ0) is 15.9. The summed E-state index contributed by atoms with van der Waals surface area (Å²) in [6.07, 6.45) is -1.39. The van der Waals surface area contributed by atoms with Crippen molar-refractivity contribution in [3.05, 3.63) is 0 Å². The summed E-state index contributed by atoms with van der Waals surface area (Å²) in [5, 5.41) is 18.6. The van der Waals surface area contributed by atoms with E-state index in [1.54, 1.807) is 0 Å². The number of hydrogen-bond donors (Lipinski definition) is 2. The largest absolute Gasteiger partial charge is 0.479 e. The number of likely N-dealkylation sites (tertiary alicyclic amines) is 1. The lowest BCUT2D eigenvalue weighted by atomic mass is 9.96. The molecule has 2 N–H and O–H groups in total. The molecule has 1 heterocycles. The second kappa shape index (κ2) is 5.03. The predicted molar refractivity (Wildman–Crippen MR) is 77.5 cm³/mol. The summed E-state index contributed by atoms with van der Waals surface area (Å²) in [5.41, 5.74) is -1.51. The summed E-state index contributed by atoms with van der Waals surface area (Å²) in [6, 6.07) is 0. The molecule has 0 aromatic rings. The molecule has 6 nitrogen and oxygen atoms in total. The summed E-state index contributed by atoms with van der Waals surface area (Å²) in [5.74, 6) is -1.15. The standard InChI is InChI=1S/C13H25NO5Si/c1-12(2,3)20(5,6)19-9-7-8-14(11(17)18)13(9,4)10(15)16/h9H,7-8H2,1-6H3,(H,15,16)(H,17,18)/t9-,13-/m1/s1. The monoisotopic (exact) mass is 303 g/mol. The highest BCUT2D eigenvalue weighted by atomic mass is 28.4. The van der Waals surface area contributed by atoms with E-state index in [1.807, 2.05) is 13.1 Å². The molecule has 0 bridgehead atoms. The lowest BCUT2D eigenvalue weighted by molar-refractivity contribution is -0.151. The van der Waals surface area contributed by atoms with Crippen LogP contribution in [0, 0.1) is 0 Å². The molecule has 1 saturated heterocycles. The number of carbonyl (C=O) groups is 2. The van der Waals surface area contributed by atoms with Crippen LogP contribution in [-0.4, -0.2) is 53.7 Å². The second-order valence-corrected chi connectivity index (χ2v) is 11.8. The van der Waals surface area contributed by atoms with Gasteiger partial charge in [-0.3, -0.25) is 4.90 Å². The van der Waals surface area contributed by atoms with Gasteiger partial charge in [0.1, 0.15) is 0 Å². The molecule has 1 aliphatic rings. The van der Waals surface area contributed by atoms with Crippen LogP contribution >= 0.6 is 0 Å². The Morgan fingerprint density at radius 2 is 1.80 bits per heavy atom. The first kappa shape index (κ1) is 17.0. The average molecular weight is 303 g/mol. The first-order chi connectivity index (χ1) is 8.84. The molecular formula is C13H25NO5Si. The zero-order valence-electron chi connectivity index (χ0n) is 13.1. The average Bonchev–Trinajstić information content (AvgIpc) is 2.55. The number of hydrogen-bond acceptors (Lipinski definition) is 3. The number of nitrogens with zero attached hydrogens (tertiary/aromatic N) is 1. The zero-order valence-corrected chi connectivity index (χ0v) is 14.1. The lowest BCUT2D eigenvalue weighted by Crippen LogP contribution is -2.59. The Balaban J connectivity index is 3.08. The predicted octanol–water partition coefficient (Wildman–Crippen LogP) is 2.60. The van der Waals surface area contributed by atoms with Crippen molar-refractivity contribution >= 4 is 20.4 Å². The quantitative estimate of drug-likeness (QED) is 0.783. The minimum atomic E-state index is -2.15. The molecule has 1 rings (SSSR count). The summed E-state index contributed by atoms with van der Waals surface area (Å²) >= 11 is 0. The van der Waals surface area contributed by atoms with Crippen LogP contribution in [0.4, 0.5) is 4.79 Å². The van der Waals surface area contributed by atoms with Crippen LogP contribution in [0.2, 0.25) is 18.1 Å². The van der Waals surface area contributed by atoms with Crippen LogP contribution in [-0.2, 0) is 9.22 Å². The molecule has 20 heavy (non-hydrogen) atoms. The SMILES string of the molecule is CC(C)(C)[Si](C)(C)O[C@@H]1CCN(C(=O)O)[C@@]1(C)C(=O)O. The Hall–Kier alpha value is -1.08. The Morgan fingerprint density at radius 1 is 1.30 bits per heavy atom. The van der Waals surface area contributed by atoms with Crippen molar-refractivity contribution < 1.29 is 24.2 Å². The Kier molecular flexibility index (Phi) is 4.27. The van der Waals surface area contributed by atoms with Crippen molar-refractivity contribution in [3.63, 3.8) is 0 Å². The van der Waals surface area contributed by atoms with E-state index in [-0.39, 0.29) is 11.6 Å². The molecule has 2 atom stereocenters. The fourth-order valence-corrected chi connectivity index (χ4v) is 3.60. The van der Waals surface area contributed by atoms with Gasteiger partial charge < -0.3 is 14.6 Å². The van der Waals surface area contributed by atoms with Gasteiger partial charge in [0.05, 0.1) is 6.10 Å². The van der Waals surface area contributed by atoms with Gasteiger partial charge in [0.25, 0.3) is 0 Å². The molecular weight excluding hydrogens is 278 g/mol. The molecule has 0 saturated carbocycles. The van der Waals surface area contributed by atoms with Crippen LogP contribution in [0.15, 0.2) is 0 Å². The highest BCUT2D eigenvalue weighted by Crippen LogP contribution is 2.41. The van der Waals surface area contributed by atoms with Crippen LogP contribution < -0.4 is 0 Å². The molecule has 0 aromatic heterocycles. The lowest BCUT2D eigenvalue weighted by Gasteiger charge is -2.42. The topological polar surface area (TPSA) is 87.1 Å². The molecule has 1 amide bonds. The van der Waals surface area contributed by atoms with E-state index in [9.17, 15) is 19.8 Å². The van der Waals surface area contributed by atoms with Gasteiger partial charge in [0, 0.05) is 6.54 Å². The van der Waals surface area contributed by atoms with Crippen molar-refractivity contribution in [2.45, 2.75) is 63.9 Å². The number of aliphatic carboxylic acids is 1. The number of carboxylic acid groups (broad SMARTS) is 2. The summed E-state index contributed by atoms with van der Waals surface area (Å²) in [7, 11) is -2.15. The third kappa shape index (κ3) is 2.69. The third-order valence-corrected chi connectivity index (χ3v) is 9.20. The number of amides is 1. The molecule has 1 fully saturated rings. The van der Waals surface area contributed by atoms with E-state index in [4.69, 9.17) is 4.43 Å². The van der Waals surface area contributed by atoms with Crippen LogP contribution in [0.1, 0.15) is 34.1 Å². The first-order valence-corrected chi connectivity index (χ1v) is 9.66.